The van der Waals surface area contributed by atoms with Crippen LogP contribution in [0.5, 0.6) is 0 Å². The molecule has 0 fully saturated rings. The van der Waals surface area contributed by atoms with Gasteiger partial charge in [0.05, 0.1) is 69.6 Å². The van der Waals surface area contributed by atoms with Gasteiger partial charge in [0.1, 0.15) is 0 Å². The van der Waals surface area contributed by atoms with Gasteiger partial charge < -0.3 is 18.5 Å². The van der Waals surface area contributed by atoms with Crippen molar-refractivity contribution in [3.05, 3.63) is 449 Å². The maximum atomic E-state index is 9.05. The van der Waals surface area contributed by atoms with Gasteiger partial charge >= 0.3 is 0 Å². The van der Waals surface area contributed by atoms with E-state index in [4.69, 9.17) is 37.4 Å². The number of hydrogen-bond acceptors (Lipinski definition) is 1. The lowest BCUT2D eigenvalue weighted by atomic mass is 9.76. The summed E-state index contributed by atoms with van der Waals surface area (Å²) in [4.78, 5) is 3.78. The summed E-state index contributed by atoms with van der Waals surface area (Å²) in [5.74, 6) is 2.67. The Morgan fingerprint density at radius 3 is 1.01 bits per heavy atom. The van der Waals surface area contributed by atoms with Gasteiger partial charge in [-0.2, -0.15) is 5.26 Å². The molecule has 0 bridgehead atoms. The van der Waals surface area contributed by atoms with Gasteiger partial charge in [-0.3, -0.25) is 0 Å². The first-order valence-corrected chi connectivity index (χ1v) is 46.0. The Morgan fingerprint density at radius 1 is 0.281 bits per heavy atom. The van der Waals surface area contributed by atoms with Crippen molar-refractivity contribution in [3.8, 4) is 113 Å². The van der Waals surface area contributed by atoms with Crippen LogP contribution in [0.2, 0.25) is 0 Å². The SMILES string of the molecule is C#Cc1ccc(-c2cccc(-c3ccc(C#N)cc3)c2C(C)(C)C)cc1.[2H]c1c([2H])c([2H])c(-c2cccc3c2c2c(C(C)(C)C)c(-c4c([2H])c([2H])c(C)c([2H])c4[2H])ccc2n3-c2ccccc2)c([2H])c1[2H].[2H]c1c([2H])c([2H])c(-c2cccc3c2c2c(C(C)(C)C)c(-n4c5ccccc5c5ccccc54)ccc2n3-c2ccccc2)c([2H])c1[2H].[C-]#[N+]C(C)(C)c1ccc(-c2cccc(-c3ccc(C(C)(C)C)cc3)c2C(C)(C)C)cc1. The van der Waals surface area contributed by atoms with E-state index in [1.54, 1.807) is 13.0 Å². The molecule has 0 saturated carbocycles. The summed E-state index contributed by atoms with van der Waals surface area (Å²) < 4.78 is 127. The van der Waals surface area contributed by atoms with Crippen LogP contribution < -0.4 is 0 Å². The van der Waals surface area contributed by atoms with Gasteiger partial charge in [0.25, 0.3) is 5.54 Å². The molecule has 20 aromatic rings. The minimum atomic E-state index is -0.592. The van der Waals surface area contributed by atoms with Crippen LogP contribution in [-0.2, 0) is 32.6 Å². The van der Waals surface area contributed by atoms with Crippen molar-refractivity contribution in [3.63, 3.8) is 0 Å². The normalized spacial score (nSPS) is 13.4. The molecule has 0 radical (unpaired) electrons. The summed E-state index contributed by atoms with van der Waals surface area (Å²) in [6, 6.07) is 101. The molecule has 20 rings (SSSR count). The quantitative estimate of drug-likeness (QED) is 0.0940. The topological polar surface area (TPSA) is 42.9 Å². The zero-order chi connectivity index (χ0) is 107. The van der Waals surface area contributed by atoms with E-state index in [9.17, 15) is 0 Å². The predicted molar refractivity (Wildman–Crippen MR) is 577 cm³/mol. The molecule has 0 amide bonds. The van der Waals surface area contributed by atoms with Crippen LogP contribution in [0.1, 0.15) is 187 Å². The maximum absolute atomic E-state index is 9.05. The smallest absolute Gasteiger partial charge is 0.252 e. The molecular formula is C130H119N5. The summed E-state index contributed by atoms with van der Waals surface area (Å²) in [6.07, 6.45) is 5.49. The Kier molecular flexibility index (Phi) is 20.6. The van der Waals surface area contributed by atoms with E-state index in [1.807, 2.05) is 156 Å². The third kappa shape index (κ3) is 18.2. The molecule has 3 aromatic heterocycles. The van der Waals surface area contributed by atoms with Gasteiger partial charge in [-0.25, -0.2) is 6.57 Å². The summed E-state index contributed by atoms with van der Waals surface area (Å²) in [6.45, 7) is 46.0. The second-order valence-electron chi connectivity index (χ2n) is 40.3. The molecule has 0 aliphatic carbocycles. The highest BCUT2D eigenvalue weighted by Gasteiger charge is 2.34. The fourth-order valence-electron chi connectivity index (χ4n) is 19.2. The molecule has 0 unspecified atom stereocenters. The van der Waals surface area contributed by atoms with E-state index in [-0.39, 0.29) is 104 Å². The van der Waals surface area contributed by atoms with Crippen LogP contribution in [0.3, 0.4) is 0 Å². The molecule has 5 nitrogen and oxygen atoms in total. The van der Waals surface area contributed by atoms with Crippen molar-refractivity contribution in [1.29, 1.82) is 5.26 Å². The molecule has 0 aliphatic heterocycles. The van der Waals surface area contributed by atoms with E-state index in [0.717, 1.165) is 99.7 Å². The molecule has 0 N–H and O–H groups in total. The molecule has 0 aliphatic rings. The first-order chi connectivity index (χ1) is 70.5. The van der Waals surface area contributed by atoms with Gasteiger partial charge in [-0.1, -0.05) is 412 Å². The summed E-state index contributed by atoms with van der Waals surface area (Å²) in [7, 11) is 0. The molecular weight excluding hydrogens is 1630 g/mol. The number of hydrogen-bond donors (Lipinski definition) is 0. The maximum Gasteiger partial charge on any atom is 0.252 e. The number of aromatic nitrogens is 3. The minimum Gasteiger partial charge on any atom is -0.309 e. The number of nitriles is 1. The largest absolute Gasteiger partial charge is 0.309 e. The molecule has 0 spiro atoms. The first-order valence-electron chi connectivity index (χ1n) is 53.0. The van der Waals surface area contributed by atoms with Crippen molar-refractivity contribution in [1.82, 2.24) is 13.7 Å². The van der Waals surface area contributed by atoms with Gasteiger partial charge in [-0.15, -0.1) is 6.42 Å². The standard InChI is InChI=1S/C40H32N2.C35H31N.C30H35N.C25H21N/c1-40(2,3)39-36(42-32-22-12-10-19-30(32)31-20-11-13-23-33(31)42)26-25-35-38(39)37-29(27-15-6-4-7-16-27)21-14-24-34(37)41(35)28-17-8-5-9-18-28;1-24-18-20-26(21-19-24)29-22-23-31-33(34(29)35(2,3)4)32-28(25-12-7-5-8-13-25)16-11-17-30(32)36(31)27-14-9-6-10-15-27;1-28(2,3)23-17-13-21(14-18-23)25-11-10-12-26(27(25)29(4,5)6)22-15-19-24(20-16-22)30(7,8)31-9;1-5-18-9-13-20(14-10-18)22-7-6-8-23(24(22)25(2,3)4)21-15-11-19(17-26)12-16-21/h4-26H,1-3H3;5-23H,1-4H3;10-20H,1-8H3;1,6-16H,2-4H3/i4D,6D,7D,15D,16D;5D,7D,8D,12D,13D,18D,19D,20D,21D;;. The minimum absolute atomic E-state index is 0.0108. The first kappa shape index (κ1) is 75.2. The average Bonchev–Trinajstić information content (AvgIpc) is 1.55. The zero-order valence-corrected chi connectivity index (χ0v) is 80.2. The lowest BCUT2D eigenvalue weighted by Gasteiger charge is -2.27. The van der Waals surface area contributed by atoms with Crippen molar-refractivity contribution >= 4 is 65.4 Å². The van der Waals surface area contributed by atoms with Crippen LogP contribution in [0.25, 0.3) is 165 Å². The summed E-state index contributed by atoms with van der Waals surface area (Å²) >= 11 is 0. The van der Waals surface area contributed by atoms with E-state index >= 15 is 0 Å². The number of terminal acetylenes is 1. The van der Waals surface area contributed by atoms with Crippen molar-refractivity contribution < 1.29 is 19.2 Å². The van der Waals surface area contributed by atoms with E-state index in [0.29, 0.717) is 27.6 Å². The second kappa shape index (κ2) is 37.0. The van der Waals surface area contributed by atoms with E-state index < -0.39 is 35.1 Å². The number of para-hydroxylation sites is 4. The molecule has 0 saturated heterocycles. The van der Waals surface area contributed by atoms with Gasteiger partial charge in [0.2, 0.25) is 0 Å². The Balaban J connectivity index is 0.000000139. The monoisotopic (exact) mass is 1760 g/mol. The second-order valence-corrected chi connectivity index (χ2v) is 40.3. The lowest BCUT2D eigenvalue weighted by Crippen LogP contribution is -2.16. The van der Waals surface area contributed by atoms with Crippen LogP contribution in [0, 0.1) is 37.2 Å². The summed E-state index contributed by atoms with van der Waals surface area (Å²) in [5.41, 5.74) is 27.8. The van der Waals surface area contributed by atoms with E-state index in [1.165, 1.54) is 60.8 Å². The summed E-state index contributed by atoms with van der Waals surface area (Å²) in [5, 5.41) is 14.7. The molecule has 135 heavy (non-hydrogen) atoms. The number of nitrogens with zero attached hydrogens (tertiary/aromatic N) is 5. The fourth-order valence-corrected chi connectivity index (χ4v) is 19.2. The Labute approximate surface area is 818 Å². The lowest BCUT2D eigenvalue weighted by molar-refractivity contribution is 0.589. The number of rotatable bonds is 11. The molecule has 664 valence electrons. The van der Waals surface area contributed by atoms with Crippen molar-refractivity contribution in [2.75, 3.05) is 0 Å². The Morgan fingerprint density at radius 2 is 0.615 bits per heavy atom. The van der Waals surface area contributed by atoms with Crippen LogP contribution in [-0.4, -0.2) is 13.7 Å². The third-order valence-electron chi connectivity index (χ3n) is 25.4. The Bertz CT molecular complexity index is 8620. The zero-order valence-electron chi connectivity index (χ0n) is 94.2. The molecule has 17 aromatic carbocycles. The predicted octanol–water partition coefficient (Wildman–Crippen LogP) is 35.5. The van der Waals surface area contributed by atoms with Gasteiger partial charge in [0.15, 0.2) is 0 Å². The average molecular weight is 1770 g/mol. The third-order valence-corrected chi connectivity index (χ3v) is 25.4. The highest BCUT2D eigenvalue weighted by molar-refractivity contribution is 6.20. The molecule has 5 heteroatoms. The number of fused-ring (bicyclic) bond motifs is 9. The number of benzene rings is 17. The van der Waals surface area contributed by atoms with Crippen LogP contribution in [0.4, 0.5) is 0 Å². The highest BCUT2D eigenvalue weighted by Crippen LogP contribution is 2.51. The van der Waals surface area contributed by atoms with Crippen molar-refractivity contribution in [2.45, 2.75) is 157 Å². The molecule has 3 heterocycles. The Hall–Kier alpha value is -15.3. The van der Waals surface area contributed by atoms with Crippen LogP contribution in [0.15, 0.2) is 388 Å². The highest BCUT2D eigenvalue weighted by atomic mass is 15.0. The van der Waals surface area contributed by atoms with Crippen LogP contribution >= 0.6 is 0 Å². The van der Waals surface area contributed by atoms with Crippen molar-refractivity contribution in [2.24, 2.45) is 0 Å². The van der Waals surface area contributed by atoms with Gasteiger partial charge in [-0.05, 0) is 231 Å². The van der Waals surface area contributed by atoms with Gasteiger partial charge in [0, 0.05) is 68.7 Å². The fraction of sp³-hybridized carbons (Fsp3) is 0.185. The van der Waals surface area contributed by atoms with E-state index in [2.05, 4.69) is 290 Å². The molecule has 0 atom stereocenters.